The molecule has 0 saturated heterocycles. The molecule has 0 heterocycles. The quantitative estimate of drug-likeness (QED) is 0.851. The van der Waals surface area contributed by atoms with Crippen molar-refractivity contribution in [2.24, 2.45) is 0 Å². The lowest BCUT2D eigenvalue weighted by atomic mass is 10.0. The van der Waals surface area contributed by atoms with Crippen molar-refractivity contribution in [1.29, 1.82) is 0 Å². The lowest BCUT2D eigenvalue weighted by Crippen LogP contribution is -2.09. The third kappa shape index (κ3) is 3.57. The first-order chi connectivity index (χ1) is 9.70. The van der Waals surface area contributed by atoms with Gasteiger partial charge in [-0.2, -0.15) is 0 Å². The van der Waals surface area contributed by atoms with Crippen LogP contribution in [0.5, 0.6) is 5.75 Å². The third-order valence-corrected chi connectivity index (χ3v) is 2.89. The molecule has 0 atom stereocenters. The zero-order valence-electron chi connectivity index (χ0n) is 10.9. The molecule has 0 bridgehead atoms. The molecule has 0 saturated carbocycles. The van der Waals surface area contributed by atoms with Crippen LogP contribution in [0.2, 0.25) is 0 Å². The third-order valence-electron chi connectivity index (χ3n) is 2.89. The highest BCUT2D eigenvalue weighted by molar-refractivity contribution is 5.91. The van der Waals surface area contributed by atoms with Crippen LogP contribution in [0.3, 0.4) is 0 Å². The summed E-state index contributed by atoms with van der Waals surface area (Å²) in [6.45, 7) is -0.433. The van der Waals surface area contributed by atoms with E-state index in [2.05, 4.69) is 0 Å². The number of esters is 1. The summed E-state index contributed by atoms with van der Waals surface area (Å²) in [4.78, 5) is 12.0. The van der Waals surface area contributed by atoms with Gasteiger partial charge in [0.15, 0.2) is 0 Å². The van der Waals surface area contributed by atoms with Crippen molar-refractivity contribution < 1.29 is 19.0 Å². The number of phenolic OH excluding ortho intramolecular Hbond substituents is 1. The molecule has 4 heteroatoms. The number of benzene rings is 2. The van der Waals surface area contributed by atoms with Gasteiger partial charge in [0.05, 0.1) is 12.2 Å². The first-order valence-corrected chi connectivity index (χ1v) is 6.29. The van der Waals surface area contributed by atoms with Crippen LogP contribution in [0, 0.1) is 0 Å². The Labute approximate surface area is 116 Å². The van der Waals surface area contributed by atoms with Crippen LogP contribution in [-0.4, -0.2) is 17.8 Å². The van der Waals surface area contributed by atoms with E-state index in [9.17, 15) is 14.3 Å². The molecule has 0 spiro atoms. The fourth-order valence-corrected chi connectivity index (χ4v) is 1.89. The lowest BCUT2D eigenvalue weighted by molar-refractivity contribution is 0.0471. The Kier molecular flexibility index (Phi) is 4.71. The minimum Gasteiger partial charge on any atom is -0.508 e. The molecule has 0 aliphatic rings. The van der Waals surface area contributed by atoms with Crippen LogP contribution in [0.25, 0.3) is 0 Å². The zero-order valence-corrected chi connectivity index (χ0v) is 10.9. The van der Waals surface area contributed by atoms with Crippen LogP contribution in [0.15, 0.2) is 48.5 Å². The number of phenols is 1. The van der Waals surface area contributed by atoms with Gasteiger partial charge in [0.1, 0.15) is 12.4 Å². The van der Waals surface area contributed by atoms with E-state index in [0.717, 1.165) is 5.56 Å². The second kappa shape index (κ2) is 6.70. The number of carbonyl (C=O) groups is 1. The van der Waals surface area contributed by atoms with E-state index in [0.29, 0.717) is 5.56 Å². The molecular weight excluding hydrogens is 259 g/mol. The van der Waals surface area contributed by atoms with Crippen LogP contribution in [-0.2, 0) is 17.8 Å². The standard InChI is InChI=1S/C16H15FO3/c17-9-8-13-10-14(18)6-7-15(13)16(19)20-11-12-4-2-1-3-5-12/h1-7,10,18H,8-9,11H2. The number of rotatable bonds is 5. The van der Waals surface area contributed by atoms with E-state index in [1.165, 1.54) is 18.2 Å². The van der Waals surface area contributed by atoms with E-state index in [1.54, 1.807) is 0 Å². The van der Waals surface area contributed by atoms with Gasteiger partial charge in [-0.1, -0.05) is 30.3 Å². The molecule has 0 radical (unpaired) electrons. The maximum atomic E-state index is 12.5. The summed E-state index contributed by atoms with van der Waals surface area (Å²) in [6.07, 6.45) is 0.0736. The first kappa shape index (κ1) is 14.1. The summed E-state index contributed by atoms with van der Waals surface area (Å²) < 4.78 is 17.7. The average molecular weight is 274 g/mol. The van der Waals surface area contributed by atoms with Gasteiger partial charge in [-0.05, 0) is 29.3 Å². The SMILES string of the molecule is O=C(OCc1ccccc1)c1ccc(O)cc1CCF. The molecule has 2 aromatic rings. The first-order valence-electron chi connectivity index (χ1n) is 6.29. The van der Waals surface area contributed by atoms with Crippen molar-refractivity contribution in [2.45, 2.75) is 13.0 Å². The maximum absolute atomic E-state index is 12.5. The normalized spacial score (nSPS) is 10.2. The molecule has 20 heavy (non-hydrogen) atoms. The molecule has 2 aromatic carbocycles. The lowest BCUT2D eigenvalue weighted by Gasteiger charge is -2.09. The maximum Gasteiger partial charge on any atom is 0.338 e. The van der Waals surface area contributed by atoms with Crippen LogP contribution >= 0.6 is 0 Å². The molecule has 0 aliphatic heterocycles. The fraction of sp³-hybridized carbons (Fsp3) is 0.188. The number of halogens is 1. The van der Waals surface area contributed by atoms with Gasteiger partial charge in [0.25, 0.3) is 0 Å². The molecule has 0 fully saturated rings. The van der Waals surface area contributed by atoms with E-state index >= 15 is 0 Å². The van der Waals surface area contributed by atoms with Gasteiger partial charge < -0.3 is 9.84 Å². The molecule has 0 amide bonds. The van der Waals surface area contributed by atoms with E-state index in [4.69, 9.17) is 4.74 Å². The summed E-state index contributed by atoms with van der Waals surface area (Å²) in [6, 6.07) is 13.5. The van der Waals surface area contributed by atoms with E-state index in [-0.39, 0.29) is 24.3 Å². The predicted octanol–water partition coefficient (Wildman–Crippen LogP) is 3.26. The monoisotopic (exact) mass is 274 g/mol. The molecule has 2 rings (SSSR count). The molecule has 104 valence electrons. The summed E-state index contributed by atoms with van der Waals surface area (Å²) in [7, 11) is 0. The van der Waals surface area contributed by atoms with Crippen molar-refractivity contribution in [2.75, 3.05) is 6.67 Å². The van der Waals surface area contributed by atoms with Crippen LogP contribution < -0.4 is 0 Å². The highest BCUT2D eigenvalue weighted by Gasteiger charge is 2.13. The number of carbonyl (C=O) groups excluding carboxylic acids is 1. The summed E-state index contributed by atoms with van der Waals surface area (Å²) in [5.74, 6) is -0.509. The smallest absolute Gasteiger partial charge is 0.338 e. The Morgan fingerprint density at radius 1 is 1.15 bits per heavy atom. The van der Waals surface area contributed by atoms with Crippen molar-refractivity contribution >= 4 is 5.97 Å². The van der Waals surface area contributed by atoms with Crippen LogP contribution in [0.1, 0.15) is 21.5 Å². The average Bonchev–Trinajstić information content (AvgIpc) is 2.46. The molecule has 0 aliphatic carbocycles. The Balaban J connectivity index is 2.09. The van der Waals surface area contributed by atoms with Gasteiger partial charge in [-0.25, -0.2) is 4.79 Å². The number of hydrogen-bond donors (Lipinski definition) is 1. The van der Waals surface area contributed by atoms with E-state index in [1.807, 2.05) is 30.3 Å². The van der Waals surface area contributed by atoms with Crippen molar-refractivity contribution in [3.8, 4) is 5.75 Å². The molecule has 1 N–H and O–H groups in total. The zero-order chi connectivity index (χ0) is 14.4. The van der Waals surface area contributed by atoms with Gasteiger partial charge in [-0.15, -0.1) is 0 Å². The number of ether oxygens (including phenoxy) is 1. The Morgan fingerprint density at radius 2 is 1.90 bits per heavy atom. The van der Waals surface area contributed by atoms with Gasteiger partial charge >= 0.3 is 5.97 Å². The minimum atomic E-state index is -0.595. The second-order valence-corrected chi connectivity index (χ2v) is 4.34. The van der Waals surface area contributed by atoms with Gasteiger partial charge in [-0.3, -0.25) is 4.39 Å². The van der Waals surface area contributed by atoms with Crippen molar-refractivity contribution in [1.82, 2.24) is 0 Å². The molecule has 0 unspecified atom stereocenters. The second-order valence-electron chi connectivity index (χ2n) is 4.34. The number of hydrogen-bond acceptors (Lipinski definition) is 3. The Hall–Kier alpha value is -2.36. The molecular formula is C16H15FO3. The number of alkyl halides is 1. The van der Waals surface area contributed by atoms with Crippen LogP contribution in [0.4, 0.5) is 4.39 Å². The topological polar surface area (TPSA) is 46.5 Å². The predicted molar refractivity (Wildman–Crippen MR) is 73.3 cm³/mol. The highest BCUT2D eigenvalue weighted by Crippen LogP contribution is 2.19. The summed E-state index contributed by atoms with van der Waals surface area (Å²) in [5.41, 5.74) is 1.62. The number of aromatic hydroxyl groups is 1. The van der Waals surface area contributed by atoms with Crippen molar-refractivity contribution in [3.63, 3.8) is 0 Å². The van der Waals surface area contributed by atoms with E-state index < -0.39 is 12.6 Å². The Morgan fingerprint density at radius 3 is 2.60 bits per heavy atom. The van der Waals surface area contributed by atoms with Gasteiger partial charge in [0.2, 0.25) is 0 Å². The Bertz CT molecular complexity index is 582. The largest absolute Gasteiger partial charge is 0.508 e. The van der Waals surface area contributed by atoms with Crippen molar-refractivity contribution in [3.05, 3.63) is 65.2 Å². The highest BCUT2D eigenvalue weighted by atomic mass is 19.1. The molecule has 0 aromatic heterocycles. The summed E-state index contributed by atoms with van der Waals surface area (Å²) in [5, 5.41) is 9.38. The molecule has 3 nitrogen and oxygen atoms in total. The summed E-state index contributed by atoms with van der Waals surface area (Å²) >= 11 is 0. The van der Waals surface area contributed by atoms with Gasteiger partial charge in [0, 0.05) is 6.42 Å². The minimum absolute atomic E-state index is 0.00746. The number of aryl methyl sites for hydroxylation is 1. The fourth-order valence-electron chi connectivity index (χ4n) is 1.89.